The summed E-state index contributed by atoms with van der Waals surface area (Å²) in [6.07, 6.45) is 1.61. The average Bonchev–Trinajstić information content (AvgIpc) is 3.07. The molecule has 0 aliphatic carbocycles. The number of aryl methyl sites for hydroxylation is 1. The van der Waals surface area contributed by atoms with Crippen molar-refractivity contribution >= 4 is 40.7 Å². The molecule has 32 heavy (non-hydrogen) atoms. The number of benzene rings is 2. The number of nitrogens with one attached hydrogen (secondary N) is 1. The molecule has 3 aromatic rings. The van der Waals surface area contributed by atoms with Crippen LogP contribution < -0.4 is 10.2 Å². The van der Waals surface area contributed by atoms with E-state index in [0.29, 0.717) is 23.5 Å². The normalized spacial score (nSPS) is 10.9. The van der Waals surface area contributed by atoms with Crippen molar-refractivity contribution in [2.24, 2.45) is 5.10 Å². The van der Waals surface area contributed by atoms with E-state index in [2.05, 4.69) is 33.1 Å². The number of methoxy groups -OCH3 is 1. The zero-order valence-electron chi connectivity index (χ0n) is 18.3. The van der Waals surface area contributed by atoms with Gasteiger partial charge >= 0.3 is 5.97 Å². The van der Waals surface area contributed by atoms with E-state index in [0.717, 1.165) is 26.2 Å². The van der Waals surface area contributed by atoms with Gasteiger partial charge in [-0.05, 0) is 85.8 Å². The van der Waals surface area contributed by atoms with Crippen LogP contribution in [0, 0.1) is 17.4 Å². The third kappa shape index (κ3) is 5.18. The molecule has 8 heteroatoms. The van der Waals surface area contributed by atoms with Gasteiger partial charge in [-0.2, -0.15) is 5.10 Å². The van der Waals surface area contributed by atoms with Gasteiger partial charge in [-0.15, -0.1) is 0 Å². The molecular formula is C24H24IN3O4. The van der Waals surface area contributed by atoms with Crippen molar-refractivity contribution in [3.05, 3.63) is 80.2 Å². The Labute approximate surface area is 200 Å². The number of carbonyl (C=O) groups is 2. The first-order valence-corrected chi connectivity index (χ1v) is 11.1. The van der Waals surface area contributed by atoms with Crippen LogP contribution in [-0.4, -0.2) is 36.4 Å². The Hall–Kier alpha value is -3.14. The van der Waals surface area contributed by atoms with Crippen LogP contribution in [0.5, 0.6) is 5.75 Å². The molecule has 0 atom stereocenters. The average molecular weight is 545 g/mol. The molecule has 2 aromatic carbocycles. The molecule has 0 radical (unpaired) electrons. The summed E-state index contributed by atoms with van der Waals surface area (Å²) in [6.45, 7) is 6.03. The van der Waals surface area contributed by atoms with Gasteiger partial charge in [0.05, 0.1) is 29.1 Å². The highest BCUT2D eigenvalue weighted by molar-refractivity contribution is 14.1. The number of ether oxygens (including phenoxy) is 2. The predicted octanol–water partition coefficient (Wildman–Crippen LogP) is 4.65. The molecule has 0 unspecified atom stereocenters. The van der Waals surface area contributed by atoms with Gasteiger partial charge in [0.2, 0.25) is 0 Å². The van der Waals surface area contributed by atoms with E-state index in [9.17, 15) is 9.59 Å². The van der Waals surface area contributed by atoms with E-state index >= 15 is 0 Å². The number of aromatic nitrogens is 1. The fourth-order valence-corrected chi connectivity index (χ4v) is 3.88. The van der Waals surface area contributed by atoms with Gasteiger partial charge in [-0.25, -0.2) is 10.2 Å². The summed E-state index contributed by atoms with van der Waals surface area (Å²) < 4.78 is 13.3. The summed E-state index contributed by atoms with van der Waals surface area (Å²) >= 11 is 2.15. The molecule has 1 heterocycles. The molecule has 0 saturated carbocycles. The fraction of sp³-hybridized carbons (Fsp3) is 0.208. The van der Waals surface area contributed by atoms with Crippen LogP contribution in [-0.2, 0) is 4.74 Å². The highest BCUT2D eigenvalue weighted by Gasteiger charge is 2.13. The summed E-state index contributed by atoms with van der Waals surface area (Å²) in [6, 6.07) is 14.5. The van der Waals surface area contributed by atoms with E-state index in [1.54, 1.807) is 44.5 Å². The molecule has 0 aliphatic heterocycles. The molecule has 0 spiro atoms. The molecule has 0 bridgehead atoms. The summed E-state index contributed by atoms with van der Waals surface area (Å²) in [5.41, 5.74) is 7.10. The first kappa shape index (κ1) is 23.5. The van der Waals surface area contributed by atoms with Crippen molar-refractivity contribution in [3.8, 4) is 11.4 Å². The minimum atomic E-state index is -0.353. The second-order valence-corrected chi connectivity index (χ2v) is 8.14. The van der Waals surface area contributed by atoms with Crippen molar-refractivity contribution in [1.82, 2.24) is 9.99 Å². The van der Waals surface area contributed by atoms with Crippen LogP contribution in [0.3, 0.4) is 0 Å². The lowest BCUT2D eigenvalue weighted by atomic mass is 10.2. The van der Waals surface area contributed by atoms with E-state index in [-0.39, 0.29) is 11.9 Å². The van der Waals surface area contributed by atoms with Crippen molar-refractivity contribution in [3.63, 3.8) is 0 Å². The Morgan fingerprint density at radius 3 is 2.62 bits per heavy atom. The van der Waals surface area contributed by atoms with Crippen molar-refractivity contribution < 1.29 is 19.1 Å². The Morgan fingerprint density at radius 2 is 1.91 bits per heavy atom. The summed E-state index contributed by atoms with van der Waals surface area (Å²) in [5.74, 6) is -0.0451. The van der Waals surface area contributed by atoms with Crippen LogP contribution in [0.4, 0.5) is 0 Å². The van der Waals surface area contributed by atoms with Crippen LogP contribution in [0.1, 0.15) is 44.6 Å². The monoisotopic (exact) mass is 545 g/mol. The Balaban J connectivity index is 1.79. The largest absolute Gasteiger partial charge is 0.496 e. The minimum Gasteiger partial charge on any atom is -0.496 e. The molecule has 0 fully saturated rings. The van der Waals surface area contributed by atoms with Crippen LogP contribution in [0.2, 0.25) is 0 Å². The maximum absolute atomic E-state index is 12.4. The molecule has 166 valence electrons. The number of hydrazone groups is 1. The Morgan fingerprint density at radius 1 is 1.12 bits per heavy atom. The Bertz CT molecular complexity index is 1180. The van der Waals surface area contributed by atoms with Gasteiger partial charge in [0.15, 0.2) is 0 Å². The minimum absolute atomic E-state index is 0.325. The van der Waals surface area contributed by atoms with E-state index in [1.807, 2.05) is 42.7 Å². The lowest BCUT2D eigenvalue weighted by Crippen LogP contribution is -2.17. The molecule has 3 rings (SSSR count). The zero-order chi connectivity index (χ0) is 23.3. The summed E-state index contributed by atoms with van der Waals surface area (Å²) in [4.78, 5) is 24.5. The van der Waals surface area contributed by atoms with Gasteiger partial charge in [0.1, 0.15) is 5.75 Å². The SMILES string of the molecule is CCOC(=O)c1cccc(-n2c(C)cc(/C=N\NC(=O)c3ccc(I)c(OC)c3)c2C)c1. The van der Waals surface area contributed by atoms with E-state index < -0.39 is 0 Å². The molecule has 1 aromatic heterocycles. The smallest absolute Gasteiger partial charge is 0.338 e. The molecule has 0 aliphatic rings. The van der Waals surface area contributed by atoms with Gasteiger partial charge in [-0.3, -0.25) is 4.79 Å². The van der Waals surface area contributed by atoms with Gasteiger partial charge in [0, 0.05) is 28.2 Å². The second kappa shape index (κ2) is 10.4. The van der Waals surface area contributed by atoms with Crippen LogP contribution >= 0.6 is 22.6 Å². The molecule has 1 N–H and O–H groups in total. The van der Waals surface area contributed by atoms with Gasteiger partial charge in [0.25, 0.3) is 5.91 Å². The number of nitrogens with zero attached hydrogens (tertiary/aromatic N) is 2. The number of carbonyl (C=O) groups excluding carboxylic acids is 2. The summed E-state index contributed by atoms with van der Waals surface area (Å²) in [5, 5.41) is 4.12. The number of halogens is 1. The predicted molar refractivity (Wildman–Crippen MR) is 132 cm³/mol. The number of rotatable bonds is 7. The maximum Gasteiger partial charge on any atom is 0.338 e. The van der Waals surface area contributed by atoms with Crippen LogP contribution in [0.25, 0.3) is 5.69 Å². The maximum atomic E-state index is 12.4. The third-order valence-corrected chi connectivity index (χ3v) is 5.76. The van der Waals surface area contributed by atoms with Crippen molar-refractivity contribution in [2.75, 3.05) is 13.7 Å². The number of amides is 1. The molecular weight excluding hydrogens is 521 g/mol. The Kier molecular flexibility index (Phi) is 7.68. The van der Waals surface area contributed by atoms with Crippen molar-refractivity contribution in [1.29, 1.82) is 0 Å². The zero-order valence-corrected chi connectivity index (χ0v) is 20.5. The topological polar surface area (TPSA) is 81.9 Å². The van der Waals surface area contributed by atoms with Crippen molar-refractivity contribution in [2.45, 2.75) is 20.8 Å². The molecule has 0 saturated heterocycles. The lowest BCUT2D eigenvalue weighted by Gasteiger charge is -2.11. The van der Waals surface area contributed by atoms with E-state index in [4.69, 9.17) is 9.47 Å². The van der Waals surface area contributed by atoms with Gasteiger partial charge < -0.3 is 14.0 Å². The lowest BCUT2D eigenvalue weighted by molar-refractivity contribution is 0.0526. The number of hydrogen-bond donors (Lipinski definition) is 1. The number of esters is 1. The highest BCUT2D eigenvalue weighted by atomic mass is 127. The van der Waals surface area contributed by atoms with Gasteiger partial charge in [-0.1, -0.05) is 6.07 Å². The third-order valence-electron chi connectivity index (χ3n) is 4.87. The molecule has 7 nitrogen and oxygen atoms in total. The summed E-state index contributed by atoms with van der Waals surface area (Å²) in [7, 11) is 1.57. The standard InChI is InChI=1S/C24H24IN3O4/c1-5-32-24(30)18-7-6-8-20(12-18)28-15(2)11-19(16(28)3)14-26-27-23(29)17-9-10-21(25)22(13-17)31-4/h6-14H,5H2,1-4H3,(H,27,29)/b26-14-. The quantitative estimate of drug-likeness (QED) is 0.203. The second-order valence-electron chi connectivity index (χ2n) is 6.98. The fourth-order valence-electron chi connectivity index (χ4n) is 3.33. The molecule has 1 amide bonds. The van der Waals surface area contributed by atoms with E-state index in [1.165, 1.54) is 0 Å². The van der Waals surface area contributed by atoms with Crippen LogP contribution in [0.15, 0.2) is 53.6 Å². The first-order valence-electron chi connectivity index (χ1n) is 9.99. The number of hydrogen-bond acceptors (Lipinski definition) is 5. The first-order chi connectivity index (χ1) is 15.3. The highest BCUT2D eigenvalue weighted by Crippen LogP contribution is 2.22.